The maximum absolute atomic E-state index is 11.8. The van der Waals surface area contributed by atoms with Crippen LogP contribution >= 0.6 is 23.2 Å². The highest BCUT2D eigenvalue weighted by Gasteiger charge is 2.10. The van der Waals surface area contributed by atoms with Gasteiger partial charge in [0.2, 0.25) is 11.8 Å². The third-order valence-corrected chi connectivity index (χ3v) is 3.60. The Kier molecular flexibility index (Phi) is 7.25. The van der Waals surface area contributed by atoms with Crippen molar-refractivity contribution in [2.75, 3.05) is 5.32 Å². The summed E-state index contributed by atoms with van der Waals surface area (Å²) in [5, 5.41) is 3.32. The van der Waals surface area contributed by atoms with Crippen molar-refractivity contribution in [3.05, 3.63) is 58.5 Å². The second-order valence-corrected chi connectivity index (χ2v) is 5.90. The number of nitrogens with one attached hydrogen (secondary N) is 3. The quantitative estimate of drug-likeness (QED) is 0.516. The molecule has 2 aromatic rings. The van der Waals surface area contributed by atoms with Gasteiger partial charge in [0.15, 0.2) is 0 Å². The minimum atomic E-state index is -0.535. The zero-order valence-corrected chi connectivity index (χ0v) is 14.9. The molecular weight excluding hydrogens is 381 g/mol. The molecule has 9 heteroatoms. The summed E-state index contributed by atoms with van der Waals surface area (Å²) < 4.78 is 5.02. The summed E-state index contributed by atoms with van der Waals surface area (Å²) >= 11 is 11.7. The normalized spacial score (nSPS) is 10.5. The van der Waals surface area contributed by atoms with E-state index in [-0.39, 0.29) is 12.8 Å². The Morgan fingerprint density at radius 2 is 1.81 bits per heavy atom. The third-order valence-electron chi connectivity index (χ3n) is 3.05. The number of furan rings is 1. The third kappa shape index (κ3) is 6.62. The molecule has 3 amide bonds. The Morgan fingerprint density at radius 3 is 2.50 bits per heavy atom. The van der Waals surface area contributed by atoms with Gasteiger partial charge in [0.1, 0.15) is 5.76 Å². The fourth-order valence-electron chi connectivity index (χ4n) is 1.81. The van der Waals surface area contributed by atoms with Crippen molar-refractivity contribution in [2.24, 2.45) is 0 Å². The van der Waals surface area contributed by atoms with Crippen LogP contribution in [0.5, 0.6) is 0 Å². The van der Waals surface area contributed by atoms with Crippen LogP contribution < -0.4 is 16.2 Å². The van der Waals surface area contributed by atoms with Crippen molar-refractivity contribution in [1.82, 2.24) is 10.9 Å². The molecule has 3 N–H and O–H groups in total. The number of hydrazine groups is 1. The average molecular weight is 396 g/mol. The number of benzene rings is 1. The molecule has 26 heavy (non-hydrogen) atoms. The highest BCUT2D eigenvalue weighted by atomic mass is 35.5. The van der Waals surface area contributed by atoms with E-state index in [9.17, 15) is 14.4 Å². The van der Waals surface area contributed by atoms with E-state index in [0.29, 0.717) is 21.5 Å². The molecule has 0 unspecified atom stereocenters. The van der Waals surface area contributed by atoms with E-state index < -0.39 is 17.7 Å². The van der Waals surface area contributed by atoms with Gasteiger partial charge in [-0.15, -0.1) is 0 Å². The van der Waals surface area contributed by atoms with Crippen molar-refractivity contribution in [2.45, 2.75) is 12.8 Å². The van der Waals surface area contributed by atoms with Crippen LogP contribution in [0.15, 0.2) is 47.1 Å². The standard InChI is InChI=1S/C17H15Cl2N3O4/c18-11-3-5-14(13(19)10-11)20-15(23)7-8-17(25)22-21-16(24)6-4-12-2-1-9-26-12/h1-6,9-10H,7-8H2,(H,20,23)(H,21,24)(H,22,25). The van der Waals surface area contributed by atoms with Gasteiger partial charge in [-0.05, 0) is 36.4 Å². The lowest BCUT2D eigenvalue weighted by atomic mass is 10.2. The summed E-state index contributed by atoms with van der Waals surface area (Å²) in [4.78, 5) is 35.0. The maximum Gasteiger partial charge on any atom is 0.262 e. The predicted molar refractivity (Wildman–Crippen MR) is 98.4 cm³/mol. The van der Waals surface area contributed by atoms with E-state index in [1.54, 1.807) is 24.3 Å². The van der Waals surface area contributed by atoms with Gasteiger partial charge in [0.05, 0.1) is 17.0 Å². The number of hydrogen-bond donors (Lipinski definition) is 3. The van der Waals surface area contributed by atoms with Gasteiger partial charge in [-0.1, -0.05) is 23.2 Å². The fraction of sp³-hybridized carbons (Fsp3) is 0.118. The fourth-order valence-corrected chi connectivity index (χ4v) is 2.27. The minimum Gasteiger partial charge on any atom is -0.465 e. The Balaban J connectivity index is 1.69. The number of amides is 3. The predicted octanol–water partition coefficient (Wildman–Crippen LogP) is 3.17. The number of carbonyl (C=O) groups excluding carboxylic acids is 3. The molecule has 0 atom stereocenters. The zero-order valence-electron chi connectivity index (χ0n) is 13.4. The smallest absolute Gasteiger partial charge is 0.262 e. The van der Waals surface area contributed by atoms with Gasteiger partial charge < -0.3 is 9.73 Å². The average Bonchev–Trinajstić information content (AvgIpc) is 3.12. The molecule has 0 fully saturated rings. The van der Waals surface area contributed by atoms with Crippen LogP contribution in [0.4, 0.5) is 5.69 Å². The van der Waals surface area contributed by atoms with Crippen LogP contribution in [0.2, 0.25) is 10.0 Å². The van der Waals surface area contributed by atoms with Crippen LogP contribution in [0.25, 0.3) is 6.08 Å². The van der Waals surface area contributed by atoms with E-state index in [0.717, 1.165) is 0 Å². The summed E-state index contributed by atoms with van der Waals surface area (Å²) in [6.45, 7) is 0. The number of carbonyl (C=O) groups is 3. The van der Waals surface area contributed by atoms with Crippen molar-refractivity contribution >= 4 is 52.7 Å². The molecule has 1 aromatic carbocycles. The lowest BCUT2D eigenvalue weighted by molar-refractivity contribution is -0.128. The summed E-state index contributed by atoms with van der Waals surface area (Å²) in [6, 6.07) is 8.00. The summed E-state index contributed by atoms with van der Waals surface area (Å²) in [5.41, 5.74) is 4.81. The summed E-state index contributed by atoms with van der Waals surface area (Å²) in [5.74, 6) is -0.938. The molecule has 0 spiro atoms. The lowest BCUT2D eigenvalue weighted by Gasteiger charge is -2.08. The van der Waals surface area contributed by atoms with Gasteiger partial charge in [0.25, 0.3) is 5.91 Å². The monoisotopic (exact) mass is 395 g/mol. The van der Waals surface area contributed by atoms with Crippen LogP contribution in [0, 0.1) is 0 Å². The molecule has 0 bridgehead atoms. The number of halogens is 2. The van der Waals surface area contributed by atoms with E-state index in [4.69, 9.17) is 27.6 Å². The first-order valence-corrected chi connectivity index (χ1v) is 8.25. The summed E-state index contributed by atoms with van der Waals surface area (Å²) in [7, 11) is 0. The Bertz CT molecular complexity index is 819. The van der Waals surface area contributed by atoms with Crippen molar-refractivity contribution < 1.29 is 18.8 Å². The Hall–Kier alpha value is -2.77. The minimum absolute atomic E-state index is 0.0805. The van der Waals surface area contributed by atoms with Crippen LogP contribution in [0.3, 0.4) is 0 Å². The van der Waals surface area contributed by atoms with E-state index in [2.05, 4.69) is 16.2 Å². The number of hydrogen-bond acceptors (Lipinski definition) is 4. The molecule has 0 aliphatic carbocycles. The number of anilines is 1. The van der Waals surface area contributed by atoms with E-state index in [1.807, 2.05) is 0 Å². The molecule has 2 rings (SSSR count). The van der Waals surface area contributed by atoms with Crippen LogP contribution in [-0.4, -0.2) is 17.7 Å². The van der Waals surface area contributed by atoms with Crippen LogP contribution in [0.1, 0.15) is 18.6 Å². The second-order valence-electron chi connectivity index (χ2n) is 5.06. The van der Waals surface area contributed by atoms with Gasteiger partial charge >= 0.3 is 0 Å². The van der Waals surface area contributed by atoms with Crippen molar-refractivity contribution in [3.63, 3.8) is 0 Å². The largest absolute Gasteiger partial charge is 0.465 e. The lowest BCUT2D eigenvalue weighted by Crippen LogP contribution is -2.41. The topological polar surface area (TPSA) is 100 Å². The van der Waals surface area contributed by atoms with Gasteiger partial charge in [-0.2, -0.15) is 0 Å². The van der Waals surface area contributed by atoms with Gasteiger partial charge in [-0.3, -0.25) is 25.2 Å². The SMILES string of the molecule is O=C(C=Cc1ccco1)NNC(=O)CCC(=O)Nc1ccc(Cl)cc1Cl. The molecule has 136 valence electrons. The molecular formula is C17H15Cl2N3O4. The first-order chi connectivity index (χ1) is 12.4. The van der Waals surface area contributed by atoms with Crippen molar-refractivity contribution in [3.8, 4) is 0 Å². The molecule has 0 radical (unpaired) electrons. The highest BCUT2D eigenvalue weighted by molar-refractivity contribution is 6.36. The zero-order chi connectivity index (χ0) is 18.9. The molecule has 0 saturated carbocycles. The number of rotatable bonds is 6. The van der Waals surface area contributed by atoms with Crippen LogP contribution in [-0.2, 0) is 14.4 Å². The Labute approximate surface area is 159 Å². The second kappa shape index (κ2) is 9.65. The van der Waals surface area contributed by atoms with Gasteiger partial charge in [-0.25, -0.2) is 0 Å². The Morgan fingerprint density at radius 1 is 1.04 bits per heavy atom. The molecule has 7 nitrogen and oxygen atoms in total. The van der Waals surface area contributed by atoms with E-state index in [1.165, 1.54) is 24.5 Å². The molecule has 0 aliphatic rings. The molecule has 1 heterocycles. The highest BCUT2D eigenvalue weighted by Crippen LogP contribution is 2.25. The first kappa shape index (κ1) is 19.6. The molecule has 1 aromatic heterocycles. The maximum atomic E-state index is 11.8. The van der Waals surface area contributed by atoms with E-state index >= 15 is 0 Å². The molecule has 0 aliphatic heterocycles. The van der Waals surface area contributed by atoms with Gasteiger partial charge in [0, 0.05) is 23.9 Å². The molecule has 0 saturated heterocycles. The first-order valence-electron chi connectivity index (χ1n) is 7.49. The van der Waals surface area contributed by atoms with Crippen molar-refractivity contribution in [1.29, 1.82) is 0 Å². The summed E-state index contributed by atoms with van der Waals surface area (Å²) in [6.07, 6.45) is 3.93.